The van der Waals surface area contributed by atoms with Crippen LogP contribution in [-0.4, -0.2) is 0 Å². The number of allylic oxidation sites excluding steroid dienone is 1. The highest BCUT2D eigenvalue weighted by molar-refractivity contribution is 7.51. The van der Waals surface area contributed by atoms with Crippen molar-refractivity contribution in [2.75, 3.05) is 0 Å². The Morgan fingerprint density at radius 1 is 1.43 bits per heavy atom. The van der Waals surface area contributed by atoms with E-state index in [2.05, 4.69) is 6.58 Å². The molecule has 1 aromatic rings. The second-order valence-electron chi connectivity index (χ2n) is 2.74. The zero-order valence-corrected chi connectivity index (χ0v) is 8.74. The molecule has 0 saturated carbocycles. The summed E-state index contributed by atoms with van der Waals surface area (Å²) >= 11 is 0. The van der Waals surface area contributed by atoms with E-state index >= 15 is 0 Å². The molecule has 1 rings (SSSR count). The molecule has 0 aliphatic heterocycles. The summed E-state index contributed by atoms with van der Waals surface area (Å²) in [5.41, 5.74) is 5.30. The van der Waals surface area contributed by atoms with Crippen LogP contribution in [0.25, 0.3) is 0 Å². The van der Waals surface area contributed by atoms with Gasteiger partial charge in [-0.1, -0.05) is 24.8 Å². The Balaban J connectivity index is 2.69. The second-order valence-corrected chi connectivity index (χ2v) is 4.18. The Labute approximate surface area is 82.9 Å². The largest absolute Gasteiger partial charge is 0.509 e. The molecular weight excluding hydrogens is 201 g/mol. The maximum atomic E-state index is 11.5. The van der Waals surface area contributed by atoms with Crippen LogP contribution in [0.3, 0.4) is 0 Å². The van der Waals surface area contributed by atoms with Crippen LogP contribution in [0.15, 0.2) is 42.7 Å². The summed E-state index contributed by atoms with van der Waals surface area (Å²) in [6.45, 7) is 4.98. The molecule has 2 N–H and O–H groups in total. The van der Waals surface area contributed by atoms with Crippen molar-refractivity contribution in [3.63, 3.8) is 0 Å². The van der Waals surface area contributed by atoms with Crippen molar-refractivity contribution >= 4 is 7.75 Å². The summed E-state index contributed by atoms with van der Waals surface area (Å²) in [6.07, 6.45) is 0. The molecule has 4 nitrogen and oxygen atoms in total. The summed E-state index contributed by atoms with van der Waals surface area (Å²) in [5.74, 6) is 0.659. The lowest BCUT2D eigenvalue weighted by Gasteiger charge is -2.14. The van der Waals surface area contributed by atoms with Crippen LogP contribution in [0.5, 0.6) is 5.75 Å². The molecule has 0 aliphatic carbocycles. The fraction of sp³-hybridized carbons (Fsp3) is 0.111. The average Bonchev–Trinajstić information content (AvgIpc) is 2.02. The third kappa shape index (κ3) is 3.64. The number of hydrogen-bond donors (Lipinski definition) is 1. The van der Waals surface area contributed by atoms with E-state index in [9.17, 15) is 4.57 Å². The fourth-order valence-electron chi connectivity index (χ4n) is 0.864. The monoisotopic (exact) mass is 213 g/mol. The van der Waals surface area contributed by atoms with Crippen LogP contribution in [0.4, 0.5) is 0 Å². The Hall–Kier alpha value is -1.25. The maximum Gasteiger partial charge on any atom is 0.509 e. The first-order valence-electron chi connectivity index (χ1n) is 3.98. The Kier molecular flexibility index (Phi) is 3.33. The predicted octanol–water partition coefficient (Wildman–Crippen LogP) is 2.68. The highest BCUT2D eigenvalue weighted by atomic mass is 31.2. The number of benzene rings is 1. The Bertz CT molecular complexity index is 364. The topological polar surface area (TPSA) is 61.5 Å². The van der Waals surface area contributed by atoms with Gasteiger partial charge in [0, 0.05) is 0 Å². The number of para-hydroxylation sites is 1. The van der Waals surface area contributed by atoms with E-state index < -0.39 is 7.75 Å². The van der Waals surface area contributed by atoms with Crippen molar-refractivity contribution in [2.45, 2.75) is 6.92 Å². The van der Waals surface area contributed by atoms with Gasteiger partial charge in [0.05, 0.1) is 5.76 Å². The van der Waals surface area contributed by atoms with Crippen molar-refractivity contribution in [1.29, 1.82) is 0 Å². The van der Waals surface area contributed by atoms with Gasteiger partial charge in [0.25, 0.3) is 0 Å². The molecule has 0 heterocycles. The van der Waals surface area contributed by atoms with Gasteiger partial charge in [-0.05, 0) is 19.1 Å². The highest BCUT2D eigenvalue weighted by Gasteiger charge is 2.20. The standard InChI is InChI=1S/C9H12NO3P/c1-8(2)12-14(10,11)13-9-6-4-3-5-7-9/h3-7H,1H2,2H3,(H2,10,11). The minimum Gasteiger partial charge on any atom is -0.410 e. The van der Waals surface area contributed by atoms with Gasteiger partial charge >= 0.3 is 7.75 Å². The van der Waals surface area contributed by atoms with Gasteiger partial charge in [0.1, 0.15) is 5.75 Å². The van der Waals surface area contributed by atoms with Crippen LogP contribution >= 0.6 is 7.75 Å². The van der Waals surface area contributed by atoms with E-state index in [0.717, 1.165) is 0 Å². The van der Waals surface area contributed by atoms with Gasteiger partial charge in [0.2, 0.25) is 0 Å². The normalized spacial score (nSPS) is 14.1. The predicted molar refractivity (Wildman–Crippen MR) is 54.8 cm³/mol. The SMILES string of the molecule is C=C(C)OP(N)(=O)Oc1ccccc1. The van der Waals surface area contributed by atoms with Gasteiger partial charge in [-0.2, -0.15) is 0 Å². The van der Waals surface area contributed by atoms with E-state index in [1.807, 2.05) is 6.07 Å². The third-order valence-electron chi connectivity index (χ3n) is 1.26. The summed E-state index contributed by atoms with van der Waals surface area (Å²) in [4.78, 5) is 0. The van der Waals surface area contributed by atoms with E-state index in [-0.39, 0.29) is 5.76 Å². The van der Waals surface area contributed by atoms with Crippen molar-refractivity contribution < 1.29 is 13.6 Å². The zero-order chi connectivity index (χ0) is 10.6. The van der Waals surface area contributed by atoms with Crippen molar-refractivity contribution in [1.82, 2.24) is 0 Å². The first-order valence-corrected chi connectivity index (χ1v) is 5.59. The van der Waals surface area contributed by atoms with Crippen molar-refractivity contribution in [2.24, 2.45) is 5.50 Å². The molecular formula is C9H12NO3P. The Morgan fingerprint density at radius 2 is 2.00 bits per heavy atom. The molecule has 1 atom stereocenters. The lowest BCUT2D eigenvalue weighted by Crippen LogP contribution is -2.05. The van der Waals surface area contributed by atoms with Crippen LogP contribution in [0.1, 0.15) is 6.92 Å². The molecule has 0 bridgehead atoms. The molecule has 14 heavy (non-hydrogen) atoms. The molecule has 1 aromatic carbocycles. The average molecular weight is 213 g/mol. The maximum absolute atomic E-state index is 11.5. The number of hydrogen-bond acceptors (Lipinski definition) is 3. The Morgan fingerprint density at radius 3 is 2.50 bits per heavy atom. The van der Waals surface area contributed by atoms with E-state index in [4.69, 9.17) is 14.6 Å². The minimum absolute atomic E-state index is 0.256. The lowest BCUT2D eigenvalue weighted by molar-refractivity contribution is 0.333. The number of rotatable bonds is 4. The smallest absolute Gasteiger partial charge is 0.410 e. The number of nitrogens with two attached hydrogens (primary N) is 1. The molecule has 0 saturated heterocycles. The highest BCUT2D eigenvalue weighted by Crippen LogP contribution is 2.41. The molecule has 0 radical (unpaired) electrons. The minimum atomic E-state index is -3.57. The molecule has 76 valence electrons. The van der Waals surface area contributed by atoms with E-state index in [1.54, 1.807) is 31.2 Å². The summed E-state index contributed by atoms with van der Waals surface area (Å²) in [7, 11) is -3.57. The quantitative estimate of drug-likeness (QED) is 0.617. The van der Waals surface area contributed by atoms with Crippen LogP contribution in [0.2, 0.25) is 0 Å². The van der Waals surface area contributed by atoms with Crippen molar-refractivity contribution in [3.05, 3.63) is 42.7 Å². The molecule has 0 spiro atoms. The molecule has 0 aromatic heterocycles. The van der Waals surface area contributed by atoms with E-state index in [0.29, 0.717) is 5.75 Å². The van der Waals surface area contributed by atoms with Crippen LogP contribution in [0, 0.1) is 0 Å². The fourth-order valence-corrected chi connectivity index (χ4v) is 1.75. The molecule has 1 unspecified atom stereocenters. The molecule has 0 amide bonds. The van der Waals surface area contributed by atoms with Gasteiger partial charge in [-0.15, -0.1) is 0 Å². The van der Waals surface area contributed by atoms with Gasteiger partial charge in [-0.25, -0.2) is 10.1 Å². The zero-order valence-electron chi connectivity index (χ0n) is 7.84. The first-order chi connectivity index (χ1) is 6.49. The van der Waals surface area contributed by atoms with Gasteiger partial charge in [-0.3, -0.25) is 0 Å². The second kappa shape index (κ2) is 4.31. The lowest BCUT2D eigenvalue weighted by atomic mass is 10.3. The van der Waals surface area contributed by atoms with Crippen LogP contribution in [-0.2, 0) is 9.09 Å². The van der Waals surface area contributed by atoms with Crippen molar-refractivity contribution in [3.8, 4) is 5.75 Å². The molecule has 0 fully saturated rings. The molecule has 5 heteroatoms. The van der Waals surface area contributed by atoms with Crippen LogP contribution < -0.4 is 10.0 Å². The third-order valence-corrected chi connectivity index (χ3v) is 2.29. The summed E-state index contributed by atoms with van der Waals surface area (Å²) in [6, 6.07) is 8.59. The first kappa shape index (κ1) is 10.8. The summed E-state index contributed by atoms with van der Waals surface area (Å²) in [5, 5.41) is 0. The van der Waals surface area contributed by atoms with E-state index in [1.165, 1.54) is 0 Å². The van der Waals surface area contributed by atoms with Gasteiger partial charge < -0.3 is 9.05 Å². The molecule has 0 aliphatic rings. The van der Waals surface area contributed by atoms with Gasteiger partial charge in [0.15, 0.2) is 0 Å². The summed E-state index contributed by atoms with van der Waals surface area (Å²) < 4.78 is 21.2.